The number of anilines is 2. The van der Waals surface area contributed by atoms with E-state index in [4.69, 9.17) is 0 Å². The first-order chi connectivity index (χ1) is 7.33. The third-order valence-electron chi connectivity index (χ3n) is 2.11. The lowest BCUT2D eigenvalue weighted by Crippen LogP contribution is -2.28. The highest BCUT2D eigenvalue weighted by molar-refractivity contribution is 7.90. The number of benzene rings is 1. The van der Waals surface area contributed by atoms with Gasteiger partial charge in [-0.3, -0.25) is 4.72 Å². The molecular formula is C10H17N3O2S. The first-order valence-electron chi connectivity index (χ1n) is 4.80. The minimum Gasteiger partial charge on any atom is -0.378 e. The van der Waals surface area contributed by atoms with Gasteiger partial charge in [0.05, 0.1) is 0 Å². The quantitative estimate of drug-likeness (QED) is 0.857. The maximum atomic E-state index is 11.5. The van der Waals surface area contributed by atoms with Crippen LogP contribution >= 0.6 is 0 Å². The van der Waals surface area contributed by atoms with Gasteiger partial charge in [0.25, 0.3) is 0 Å². The normalized spacial score (nSPS) is 11.6. The molecule has 0 atom stereocenters. The van der Waals surface area contributed by atoms with Crippen LogP contribution in [0.2, 0.25) is 0 Å². The Labute approximate surface area is 96.9 Å². The highest BCUT2D eigenvalue weighted by Gasteiger charge is 2.12. The summed E-state index contributed by atoms with van der Waals surface area (Å²) in [4.78, 5) is 1.95. The second-order valence-corrected chi connectivity index (χ2v) is 5.72. The highest BCUT2D eigenvalue weighted by atomic mass is 32.2. The van der Waals surface area contributed by atoms with Gasteiger partial charge in [-0.05, 0) is 24.3 Å². The molecule has 0 radical (unpaired) electrons. The number of nitrogens with zero attached hydrogens (tertiary/aromatic N) is 2. The van der Waals surface area contributed by atoms with Crippen molar-refractivity contribution in [1.82, 2.24) is 4.31 Å². The Kier molecular flexibility index (Phi) is 3.77. The van der Waals surface area contributed by atoms with E-state index in [9.17, 15) is 8.42 Å². The molecular weight excluding hydrogens is 226 g/mol. The van der Waals surface area contributed by atoms with Crippen LogP contribution in [0, 0.1) is 0 Å². The summed E-state index contributed by atoms with van der Waals surface area (Å²) in [7, 11) is 3.41. The Balaban J connectivity index is 2.85. The molecule has 0 aliphatic heterocycles. The second-order valence-electron chi connectivity index (χ2n) is 3.83. The van der Waals surface area contributed by atoms with Crippen molar-refractivity contribution in [1.29, 1.82) is 0 Å². The van der Waals surface area contributed by atoms with Gasteiger partial charge < -0.3 is 4.90 Å². The van der Waals surface area contributed by atoms with E-state index in [1.807, 2.05) is 31.1 Å². The van der Waals surface area contributed by atoms with E-state index < -0.39 is 10.2 Å². The highest BCUT2D eigenvalue weighted by Crippen LogP contribution is 2.16. The third-order valence-corrected chi connectivity index (χ3v) is 3.57. The molecule has 0 amide bonds. The molecule has 0 aliphatic rings. The number of hydrogen-bond acceptors (Lipinski definition) is 3. The van der Waals surface area contributed by atoms with Crippen molar-refractivity contribution in [2.24, 2.45) is 0 Å². The Morgan fingerprint density at radius 2 is 1.50 bits per heavy atom. The van der Waals surface area contributed by atoms with Crippen molar-refractivity contribution >= 4 is 21.6 Å². The van der Waals surface area contributed by atoms with Crippen LogP contribution in [-0.2, 0) is 10.2 Å². The average molecular weight is 243 g/mol. The lowest BCUT2D eigenvalue weighted by Gasteiger charge is -2.15. The first kappa shape index (κ1) is 12.8. The number of rotatable bonds is 4. The summed E-state index contributed by atoms with van der Waals surface area (Å²) in [6.07, 6.45) is 0. The van der Waals surface area contributed by atoms with Crippen LogP contribution in [-0.4, -0.2) is 40.9 Å². The molecule has 0 saturated carbocycles. The molecule has 16 heavy (non-hydrogen) atoms. The van der Waals surface area contributed by atoms with Crippen LogP contribution < -0.4 is 9.62 Å². The summed E-state index contributed by atoms with van der Waals surface area (Å²) < 4.78 is 26.6. The zero-order valence-electron chi connectivity index (χ0n) is 9.93. The summed E-state index contributed by atoms with van der Waals surface area (Å²) in [6.45, 7) is 0. The van der Waals surface area contributed by atoms with Crippen LogP contribution in [0.4, 0.5) is 11.4 Å². The predicted molar refractivity (Wildman–Crippen MR) is 67.0 cm³/mol. The van der Waals surface area contributed by atoms with Crippen molar-refractivity contribution in [3.63, 3.8) is 0 Å². The molecule has 90 valence electrons. The van der Waals surface area contributed by atoms with E-state index in [-0.39, 0.29) is 0 Å². The van der Waals surface area contributed by atoms with E-state index in [1.165, 1.54) is 14.1 Å². The lowest BCUT2D eigenvalue weighted by molar-refractivity contribution is 0.527. The molecule has 0 aliphatic carbocycles. The van der Waals surface area contributed by atoms with Crippen molar-refractivity contribution in [2.75, 3.05) is 37.8 Å². The van der Waals surface area contributed by atoms with Crippen LogP contribution in [0.1, 0.15) is 0 Å². The van der Waals surface area contributed by atoms with E-state index >= 15 is 0 Å². The van der Waals surface area contributed by atoms with Gasteiger partial charge in [0, 0.05) is 39.6 Å². The monoisotopic (exact) mass is 243 g/mol. The maximum Gasteiger partial charge on any atom is 0.301 e. The van der Waals surface area contributed by atoms with E-state index in [0.717, 1.165) is 9.99 Å². The molecule has 0 aromatic heterocycles. The van der Waals surface area contributed by atoms with E-state index in [2.05, 4.69) is 4.72 Å². The van der Waals surface area contributed by atoms with Crippen LogP contribution in [0.25, 0.3) is 0 Å². The zero-order chi connectivity index (χ0) is 12.3. The molecule has 0 saturated heterocycles. The van der Waals surface area contributed by atoms with Gasteiger partial charge in [-0.1, -0.05) is 0 Å². The lowest BCUT2D eigenvalue weighted by atomic mass is 10.3. The Morgan fingerprint density at radius 1 is 1.00 bits per heavy atom. The average Bonchev–Trinajstić information content (AvgIpc) is 2.17. The summed E-state index contributed by atoms with van der Waals surface area (Å²) in [6, 6.07) is 7.17. The van der Waals surface area contributed by atoms with E-state index in [0.29, 0.717) is 5.69 Å². The smallest absolute Gasteiger partial charge is 0.301 e. The summed E-state index contributed by atoms with van der Waals surface area (Å²) in [5.74, 6) is 0. The van der Waals surface area contributed by atoms with Crippen LogP contribution in [0.3, 0.4) is 0 Å². The minimum absolute atomic E-state index is 0.555. The predicted octanol–water partition coefficient (Wildman–Crippen LogP) is 0.971. The summed E-state index contributed by atoms with van der Waals surface area (Å²) in [5.41, 5.74) is 1.58. The number of nitrogens with one attached hydrogen (secondary N) is 1. The summed E-state index contributed by atoms with van der Waals surface area (Å²) >= 11 is 0. The fourth-order valence-electron chi connectivity index (χ4n) is 1.07. The van der Waals surface area contributed by atoms with Crippen molar-refractivity contribution in [3.8, 4) is 0 Å². The SMILES string of the molecule is CN(C)c1ccc(NS(=O)(=O)N(C)C)cc1. The minimum atomic E-state index is -3.41. The third kappa shape index (κ3) is 3.11. The van der Waals surface area contributed by atoms with Gasteiger partial charge in [-0.2, -0.15) is 12.7 Å². The largest absolute Gasteiger partial charge is 0.378 e. The molecule has 1 aromatic rings. The van der Waals surface area contributed by atoms with Gasteiger partial charge in [0.2, 0.25) is 0 Å². The number of hydrogen-bond donors (Lipinski definition) is 1. The van der Waals surface area contributed by atoms with Gasteiger partial charge in [-0.15, -0.1) is 0 Å². The van der Waals surface area contributed by atoms with E-state index in [1.54, 1.807) is 12.1 Å². The molecule has 1 N–H and O–H groups in total. The maximum absolute atomic E-state index is 11.5. The molecule has 1 aromatic carbocycles. The molecule has 5 nitrogen and oxygen atoms in total. The fourth-order valence-corrected chi connectivity index (χ4v) is 1.68. The van der Waals surface area contributed by atoms with Gasteiger partial charge in [-0.25, -0.2) is 0 Å². The second kappa shape index (κ2) is 4.71. The van der Waals surface area contributed by atoms with Gasteiger partial charge in [0.1, 0.15) is 0 Å². The first-order valence-corrected chi connectivity index (χ1v) is 6.24. The van der Waals surface area contributed by atoms with Crippen molar-refractivity contribution in [3.05, 3.63) is 24.3 Å². The topological polar surface area (TPSA) is 52.7 Å². The van der Waals surface area contributed by atoms with Crippen LogP contribution in [0.5, 0.6) is 0 Å². The standard InChI is InChI=1S/C10H17N3O2S/c1-12(2)10-7-5-9(6-8-10)11-16(14,15)13(3)4/h5-8,11H,1-4H3. The molecule has 0 bridgehead atoms. The van der Waals surface area contributed by atoms with Crippen LogP contribution in [0.15, 0.2) is 24.3 Å². The molecule has 1 rings (SSSR count). The Morgan fingerprint density at radius 3 is 1.88 bits per heavy atom. The fraction of sp³-hybridized carbons (Fsp3) is 0.400. The zero-order valence-corrected chi connectivity index (χ0v) is 10.7. The molecule has 0 heterocycles. The molecule has 0 unspecified atom stereocenters. The van der Waals surface area contributed by atoms with Gasteiger partial charge in [0.15, 0.2) is 0 Å². The summed E-state index contributed by atoms with van der Waals surface area (Å²) in [5, 5.41) is 0. The molecule has 0 fully saturated rings. The Bertz CT molecular complexity index is 438. The molecule has 6 heteroatoms. The molecule has 0 spiro atoms. The van der Waals surface area contributed by atoms with Crippen molar-refractivity contribution < 1.29 is 8.42 Å². The van der Waals surface area contributed by atoms with Crippen molar-refractivity contribution in [2.45, 2.75) is 0 Å². The van der Waals surface area contributed by atoms with Gasteiger partial charge >= 0.3 is 10.2 Å². The Hall–Kier alpha value is -1.27.